The molecule has 5 nitrogen and oxygen atoms in total. The van der Waals surface area contributed by atoms with Crippen LogP contribution in [0.4, 0.5) is 4.39 Å². The molecule has 188 valence electrons. The Morgan fingerprint density at radius 1 is 1.06 bits per heavy atom. The maximum atomic E-state index is 13.9. The van der Waals surface area contributed by atoms with Gasteiger partial charge in [0.2, 0.25) is 0 Å². The monoisotopic (exact) mass is 507 g/mol. The van der Waals surface area contributed by atoms with Gasteiger partial charge >= 0.3 is 5.69 Å². The van der Waals surface area contributed by atoms with E-state index < -0.39 is 17.8 Å². The van der Waals surface area contributed by atoms with Gasteiger partial charge in [-0.15, -0.1) is 0 Å². The van der Waals surface area contributed by atoms with Gasteiger partial charge in [-0.3, -0.25) is 14.2 Å². The third-order valence-corrected chi connectivity index (χ3v) is 8.38. The first-order chi connectivity index (χ1) is 17.3. The number of nitrogens with one attached hydrogen (secondary N) is 1. The molecule has 2 saturated carbocycles. The van der Waals surface area contributed by atoms with Crippen LogP contribution in [-0.2, 0) is 16.6 Å². The number of aromatic amines is 1. The molecule has 0 radical (unpaired) electrons. The van der Waals surface area contributed by atoms with Crippen molar-refractivity contribution in [3.05, 3.63) is 69.1 Å². The smallest absolute Gasteiger partial charge is 0.299 e. The Labute approximate surface area is 215 Å². The van der Waals surface area contributed by atoms with Crippen molar-refractivity contribution in [2.75, 3.05) is 6.67 Å². The third-order valence-electron chi connectivity index (χ3n) is 8.05. The summed E-state index contributed by atoms with van der Waals surface area (Å²) in [7, 11) is 0. The van der Waals surface area contributed by atoms with Gasteiger partial charge in [0.05, 0.1) is 10.4 Å². The average molecular weight is 508 g/mol. The van der Waals surface area contributed by atoms with E-state index >= 15 is 0 Å². The fourth-order valence-corrected chi connectivity index (χ4v) is 5.51. The number of aryl methyl sites for hydroxylation is 1. The Kier molecular flexibility index (Phi) is 6.82. The van der Waals surface area contributed by atoms with Gasteiger partial charge in [0.15, 0.2) is 5.82 Å². The number of carbonyl (C=O) groups excluding carboxylic acids is 1. The molecule has 0 amide bonds. The van der Waals surface area contributed by atoms with Crippen LogP contribution in [0.15, 0.2) is 47.3 Å². The minimum Gasteiger partial charge on any atom is -0.299 e. The fraction of sp³-hybridized carbons (Fsp3) is 0.448. The molecule has 5 rings (SSSR count). The number of Topliss-reactive ketones (excluding diaryl/α,β-unsaturated/α-hetero) is 1. The molecular formula is C29H31ClFN3O2. The highest BCUT2D eigenvalue weighted by Crippen LogP contribution is 2.48. The van der Waals surface area contributed by atoms with Gasteiger partial charge in [-0.1, -0.05) is 62.1 Å². The van der Waals surface area contributed by atoms with Crippen molar-refractivity contribution in [1.29, 1.82) is 0 Å². The number of carbonyl (C=O) groups is 1. The topological polar surface area (TPSA) is 75.7 Å². The molecule has 0 spiro atoms. The minimum atomic E-state index is -0.813. The van der Waals surface area contributed by atoms with Crippen molar-refractivity contribution in [2.45, 2.75) is 70.1 Å². The maximum Gasteiger partial charge on any atom is 0.348 e. The van der Waals surface area contributed by atoms with Gasteiger partial charge in [-0.2, -0.15) is 4.98 Å². The average Bonchev–Trinajstić information content (AvgIpc) is 3.66. The van der Waals surface area contributed by atoms with E-state index in [1.54, 1.807) is 6.07 Å². The number of aromatic nitrogens is 3. The van der Waals surface area contributed by atoms with E-state index in [-0.39, 0.29) is 17.6 Å². The summed E-state index contributed by atoms with van der Waals surface area (Å²) in [5, 5.41) is 0.442. The molecule has 0 atom stereocenters. The molecule has 7 heteroatoms. The van der Waals surface area contributed by atoms with E-state index in [1.165, 1.54) is 5.56 Å². The van der Waals surface area contributed by atoms with Crippen molar-refractivity contribution >= 4 is 17.4 Å². The summed E-state index contributed by atoms with van der Waals surface area (Å²) in [5.74, 6) is 0.681. The van der Waals surface area contributed by atoms with Crippen LogP contribution >= 0.6 is 11.6 Å². The molecular weight excluding hydrogens is 477 g/mol. The number of nitrogens with zero attached hydrogens (tertiary/aromatic N) is 2. The highest BCUT2D eigenvalue weighted by molar-refractivity contribution is 6.33. The lowest BCUT2D eigenvalue weighted by Gasteiger charge is -2.33. The summed E-state index contributed by atoms with van der Waals surface area (Å²) in [4.78, 5) is 36.9. The van der Waals surface area contributed by atoms with Crippen molar-refractivity contribution < 1.29 is 9.18 Å². The van der Waals surface area contributed by atoms with E-state index in [2.05, 4.69) is 34.0 Å². The van der Waals surface area contributed by atoms with E-state index in [4.69, 9.17) is 11.6 Å². The molecule has 0 aliphatic heterocycles. The lowest BCUT2D eigenvalue weighted by atomic mass is 9.71. The Balaban J connectivity index is 1.40. The second-order valence-corrected chi connectivity index (χ2v) is 11.1. The molecule has 0 bridgehead atoms. The van der Waals surface area contributed by atoms with Crippen molar-refractivity contribution in [3.63, 3.8) is 0 Å². The lowest BCUT2D eigenvalue weighted by Crippen LogP contribution is -2.35. The maximum absolute atomic E-state index is 13.9. The summed E-state index contributed by atoms with van der Waals surface area (Å²) >= 11 is 6.50. The number of H-pyrrole nitrogens is 1. The number of hydrogen-bond acceptors (Lipinski definition) is 4. The quantitative estimate of drug-likeness (QED) is 0.371. The van der Waals surface area contributed by atoms with Crippen LogP contribution in [0, 0.1) is 5.41 Å². The third kappa shape index (κ3) is 5.01. The van der Waals surface area contributed by atoms with Crippen molar-refractivity contribution in [2.24, 2.45) is 5.41 Å². The Morgan fingerprint density at radius 3 is 2.56 bits per heavy atom. The van der Waals surface area contributed by atoms with Crippen LogP contribution in [0.2, 0.25) is 5.02 Å². The Bertz CT molecular complexity index is 1340. The van der Waals surface area contributed by atoms with Crippen LogP contribution < -0.4 is 5.69 Å². The second kappa shape index (κ2) is 9.89. The molecule has 1 heterocycles. The Hall–Kier alpha value is -2.86. The number of ketones is 1. The first-order valence-corrected chi connectivity index (χ1v) is 13.2. The SMILES string of the molecule is CC1(c2cccc(-c3nc(-c4cc(CCC(=O)C5(CF)CCCCC5)ccc4Cl)[nH]c(=O)n3)c2)CC1. The summed E-state index contributed by atoms with van der Waals surface area (Å²) in [5.41, 5.74) is 2.34. The van der Waals surface area contributed by atoms with Crippen LogP contribution in [0.3, 0.4) is 0 Å². The standard InChI is InChI=1S/C29H31ClFN3O2/c1-28(14-15-28)21-7-5-6-20(17-21)25-32-26(34-27(36)33-25)22-16-19(8-10-23(22)30)9-11-24(35)29(18-31)12-3-2-4-13-29/h5-8,10,16-17H,2-4,9,11-15,18H2,1H3,(H,32,33,34,36). The van der Waals surface area contributed by atoms with Crippen molar-refractivity contribution in [1.82, 2.24) is 15.0 Å². The molecule has 3 aromatic rings. The number of rotatable bonds is 8. The summed E-state index contributed by atoms with van der Waals surface area (Å²) < 4.78 is 13.9. The molecule has 1 N–H and O–H groups in total. The van der Waals surface area contributed by atoms with Crippen molar-refractivity contribution in [3.8, 4) is 22.8 Å². The zero-order valence-electron chi connectivity index (χ0n) is 20.6. The number of benzene rings is 2. The summed E-state index contributed by atoms with van der Waals surface area (Å²) in [6.07, 6.45) is 7.22. The van der Waals surface area contributed by atoms with Crippen LogP contribution in [-0.4, -0.2) is 27.4 Å². The normalized spacial score (nSPS) is 18.1. The molecule has 2 aromatic carbocycles. The largest absolute Gasteiger partial charge is 0.348 e. The van der Waals surface area contributed by atoms with E-state index in [0.717, 1.165) is 43.2 Å². The molecule has 0 saturated heterocycles. The van der Waals surface area contributed by atoms with Gasteiger partial charge in [0, 0.05) is 17.5 Å². The first kappa shape index (κ1) is 24.8. The van der Waals surface area contributed by atoms with Crippen LogP contribution in [0.1, 0.15) is 69.4 Å². The zero-order chi connectivity index (χ0) is 25.3. The van der Waals surface area contributed by atoms with E-state index in [1.807, 2.05) is 24.3 Å². The zero-order valence-corrected chi connectivity index (χ0v) is 21.3. The minimum absolute atomic E-state index is 0.00293. The highest BCUT2D eigenvalue weighted by atomic mass is 35.5. The van der Waals surface area contributed by atoms with Gasteiger partial charge in [-0.25, -0.2) is 9.78 Å². The summed E-state index contributed by atoms with van der Waals surface area (Å²) in [6.45, 7) is 1.65. The highest BCUT2D eigenvalue weighted by Gasteiger charge is 2.39. The Morgan fingerprint density at radius 2 is 1.83 bits per heavy atom. The molecule has 2 fully saturated rings. The van der Waals surface area contributed by atoms with Gasteiger partial charge < -0.3 is 0 Å². The predicted molar refractivity (Wildman–Crippen MR) is 140 cm³/mol. The molecule has 36 heavy (non-hydrogen) atoms. The fourth-order valence-electron chi connectivity index (χ4n) is 5.30. The van der Waals surface area contributed by atoms with E-state index in [0.29, 0.717) is 41.5 Å². The molecule has 2 aliphatic rings. The van der Waals surface area contributed by atoms with E-state index in [9.17, 15) is 14.0 Å². The summed E-state index contributed by atoms with van der Waals surface area (Å²) in [6, 6.07) is 13.5. The van der Waals surface area contributed by atoms with Gasteiger partial charge in [-0.05, 0) is 66.8 Å². The molecule has 0 unspecified atom stereocenters. The van der Waals surface area contributed by atoms with Gasteiger partial charge in [0.25, 0.3) is 0 Å². The van der Waals surface area contributed by atoms with Gasteiger partial charge in [0.1, 0.15) is 18.3 Å². The first-order valence-electron chi connectivity index (χ1n) is 12.8. The van der Waals surface area contributed by atoms with Crippen LogP contribution in [0.5, 0.6) is 0 Å². The predicted octanol–water partition coefficient (Wildman–Crippen LogP) is 6.63. The van der Waals surface area contributed by atoms with Crippen LogP contribution in [0.25, 0.3) is 22.8 Å². The molecule has 2 aliphatic carbocycles. The second-order valence-electron chi connectivity index (χ2n) is 10.7. The number of halogens is 2. The number of alkyl halides is 1. The number of hydrogen-bond donors (Lipinski definition) is 1. The lowest BCUT2D eigenvalue weighted by molar-refractivity contribution is -0.131. The molecule has 1 aromatic heterocycles.